The monoisotopic (exact) mass is 252 g/mol. The van der Waals surface area contributed by atoms with Crippen molar-refractivity contribution in [3.05, 3.63) is 0 Å². The molecular formula is C13H20N2OS. The normalized spacial score (nSPS) is 28.3. The second-order valence-corrected chi connectivity index (χ2v) is 5.98. The lowest BCUT2D eigenvalue weighted by molar-refractivity contribution is -0.134. The van der Waals surface area contributed by atoms with Crippen LogP contribution in [0.25, 0.3) is 0 Å². The maximum atomic E-state index is 12.1. The molecule has 17 heavy (non-hydrogen) atoms. The van der Waals surface area contributed by atoms with Crippen LogP contribution in [0.5, 0.6) is 0 Å². The molecule has 2 rings (SSSR count). The van der Waals surface area contributed by atoms with Crippen LogP contribution >= 0.6 is 11.8 Å². The lowest BCUT2D eigenvalue weighted by Crippen LogP contribution is -2.50. The van der Waals surface area contributed by atoms with Gasteiger partial charge in [0.2, 0.25) is 5.91 Å². The van der Waals surface area contributed by atoms with E-state index in [4.69, 9.17) is 5.26 Å². The molecule has 1 heterocycles. The van der Waals surface area contributed by atoms with Gasteiger partial charge < -0.3 is 4.90 Å². The van der Waals surface area contributed by atoms with Gasteiger partial charge in [-0.1, -0.05) is 12.8 Å². The number of hydrogen-bond donors (Lipinski definition) is 0. The Morgan fingerprint density at radius 2 is 2.06 bits per heavy atom. The van der Waals surface area contributed by atoms with E-state index in [0.717, 1.165) is 18.9 Å². The maximum Gasteiger partial charge on any atom is 0.232 e. The molecule has 1 saturated heterocycles. The third-order valence-corrected chi connectivity index (χ3v) is 4.74. The number of amides is 1. The average molecular weight is 252 g/mol. The highest BCUT2D eigenvalue weighted by atomic mass is 32.2. The Hall–Kier alpha value is -0.690. The first-order valence-corrected chi connectivity index (χ1v) is 7.72. The number of carbonyl (C=O) groups excluding carboxylic acids is 1. The average Bonchev–Trinajstić information content (AvgIpc) is 2.38. The smallest absolute Gasteiger partial charge is 0.232 e. The molecular weight excluding hydrogens is 232 g/mol. The largest absolute Gasteiger partial charge is 0.339 e. The van der Waals surface area contributed by atoms with Crippen molar-refractivity contribution >= 4 is 17.7 Å². The van der Waals surface area contributed by atoms with Crippen LogP contribution in [0.4, 0.5) is 0 Å². The van der Waals surface area contributed by atoms with Crippen LogP contribution in [-0.4, -0.2) is 34.9 Å². The van der Waals surface area contributed by atoms with Crippen molar-refractivity contribution in [1.29, 1.82) is 5.26 Å². The lowest BCUT2D eigenvalue weighted by Gasteiger charge is -2.44. The number of rotatable bonds is 3. The minimum Gasteiger partial charge on any atom is -0.339 e. The summed E-state index contributed by atoms with van der Waals surface area (Å²) in [5.74, 6) is 1.91. The van der Waals surface area contributed by atoms with Gasteiger partial charge in [-0.2, -0.15) is 5.26 Å². The summed E-state index contributed by atoms with van der Waals surface area (Å²) in [6.07, 6.45) is 7.58. The number of hydrogen-bond acceptors (Lipinski definition) is 3. The molecule has 1 saturated carbocycles. The van der Waals surface area contributed by atoms with Crippen molar-refractivity contribution in [3.63, 3.8) is 0 Å². The van der Waals surface area contributed by atoms with E-state index in [1.54, 1.807) is 0 Å². The van der Waals surface area contributed by atoms with Crippen molar-refractivity contribution in [2.75, 3.05) is 18.1 Å². The van der Waals surface area contributed by atoms with E-state index in [9.17, 15) is 4.79 Å². The first kappa shape index (κ1) is 12.8. The predicted octanol–water partition coefficient (Wildman–Crippen LogP) is 2.42. The van der Waals surface area contributed by atoms with Crippen molar-refractivity contribution in [1.82, 2.24) is 4.90 Å². The maximum absolute atomic E-state index is 12.1. The Labute approximate surface area is 108 Å². The third kappa shape index (κ3) is 3.16. The first-order valence-electron chi connectivity index (χ1n) is 6.57. The molecule has 0 aromatic heterocycles. The number of fused-ring (bicyclic) bond motifs is 1. The summed E-state index contributed by atoms with van der Waals surface area (Å²) in [7, 11) is 0. The Kier molecular flexibility index (Phi) is 4.73. The molecule has 0 spiro atoms. The molecule has 94 valence electrons. The molecule has 2 aliphatic rings. The number of likely N-dealkylation sites (tertiary alicyclic amines) is 1. The summed E-state index contributed by atoms with van der Waals surface area (Å²) in [6, 6.07) is 2.58. The van der Waals surface area contributed by atoms with Gasteiger partial charge in [-0.25, -0.2) is 0 Å². The molecule has 0 radical (unpaired) electrons. The van der Waals surface area contributed by atoms with Crippen molar-refractivity contribution < 1.29 is 4.79 Å². The van der Waals surface area contributed by atoms with Crippen molar-refractivity contribution in [2.45, 2.75) is 44.6 Å². The number of piperidine rings is 1. The van der Waals surface area contributed by atoms with E-state index in [1.807, 2.05) is 0 Å². The Balaban J connectivity index is 1.89. The molecule has 0 aromatic carbocycles. The summed E-state index contributed by atoms with van der Waals surface area (Å²) in [5, 5.41) is 8.48. The van der Waals surface area contributed by atoms with Gasteiger partial charge in [-0.05, 0) is 31.6 Å². The van der Waals surface area contributed by atoms with Crippen LogP contribution in [0.2, 0.25) is 0 Å². The van der Waals surface area contributed by atoms with Crippen LogP contribution in [-0.2, 0) is 4.79 Å². The molecule has 4 heteroatoms. The molecule has 0 N–H and O–H groups in total. The Morgan fingerprint density at radius 1 is 1.29 bits per heavy atom. The van der Waals surface area contributed by atoms with Crippen molar-refractivity contribution in [3.8, 4) is 6.07 Å². The summed E-state index contributed by atoms with van der Waals surface area (Å²) in [4.78, 5) is 14.2. The van der Waals surface area contributed by atoms with E-state index in [2.05, 4.69) is 11.0 Å². The predicted molar refractivity (Wildman–Crippen MR) is 69.6 cm³/mol. The highest BCUT2D eigenvalue weighted by Crippen LogP contribution is 2.35. The van der Waals surface area contributed by atoms with Crippen LogP contribution in [0.3, 0.4) is 0 Å². The molecule has 2 atom stereocenters. The van der Waals surface area contributed by atoms with E-state index in [0.29, 0.717) is 17.5 Å². The number of thioether (sulfide) groups is 1. The zero-order valence-corrected chi connectivity index (χ0v) is 11.0. The third-order valence-electron chi connectivity index (χ3n) is 3.96. The molecule has 0 aromatic rings. The van der Waals surface area contributed by atoms with Gasteiger partial charge in [0.05, 0.1) is 17.6 Å². The molecule has 0 unspecified atom stereocenters. The summed E-state index contributed by atoms with van der Waals surface area (Å²) < 4.78 is 0. The Morgan fingerprint density at radius 3 is 2.88 bits per heavy atom. The fourth-order valence-electron chi connectivity index (χ4n) is 3.20. The van der Waals surface area contributed by atoms with Gasteiger partial charge in [-0.15, -0.1) is 11.8 Å². The molecule has 1 aliphatic heterocycles. The molecule has 3 nitrogen and oxygen atoms in total. The topological polar surface area (TPSA) is 44.1 Å². The molecule has 1 aliphatic carbocycles. The molecule has 1 amide bonds. The quantitative estimate of drug-likeness (QED) is 0.725. The highest BCUT2D eigenvalue weighted by Gasteiger charge is 2.35. The zero-order chi connectivity index (χ0) is 12.1. The second kappa shape index (κ2) is 6.30. The highest BCUT2D eigenvalue weighted by molar-refractivity contribution is 8.00. The van der Waals surface area contributed by atoms with Crippen LogP contribution in [0.15, 0.2) is 0 Å². The van der Waals surface area contributed by atoms with Gasteiger partial charge in [-0.3, -0.25) is 4.79 Å². The lowest BCUT2D eigenvalue weighted by atomic mass is 9.78. The number of nitrogens with zero attached hydrogens (tertiary/aromatic N) is 2. The SMILES string of the molecule is N#CCSCC(=O)N1CCC[C@H]2CCCC[C@H]21. The fraction of sp³-hybridized carbons (Fsp3) is 0.846. The first-order chi connectivity index (χ1) is 8.33. The fourth-order valence-corrected chi connectivity index (χ4v) is 3.74. The summed E-state index contributed by atoms with van der Waals surface area (Å²) in [5.41, 5.74) is 0. The zero-order valence-electron chi connectivity index (χ0n) is 10.2. The van der Waals surface area contributed by atoms with Gasteiger partial charge in [0.25, 0.3) is 0 Å². The Bertz CT molecular complexity index is 311. The van der Waals surface area contributed by atoms with E-state index in [1.165, 1.54) is 43.9 Å². The minimum absolute atomic E-state index is 0.252. The van der Waals surface area contributed by atoms with Crippen molar-refractivity contribution in [2.24, 2.45) is 5.92 Å². The van der Waals surface area contributed by atoms with E-state index < -0.39 is 0 Å². The standard InChI is InChI=1S/C13H20N2OS/c14-7-9-17-10-13(16)15-8-3-5-11-4-1-2-6-12(11)15/h11-12H,1-6,8-10H2/t11-,12-/m1/s1. The molecule has 0 bridgehead atoms. The van der Waals surface area contributed by atoms with Gasteiger partial charge in [0.1, 0.15) is 0 Å². The second-order valence-electron chi connectivity index (χ2n) is 4.99. The number of carbonyl (C=O) groups is 1. The van der Waals surface area contributed by atoms with Crippen LogP contribution in [0.1, 0.15) is 38.5 Å². The summed E-state index contributed by atoms with van der Waals surface area (Å²) in [6.45, 7) is 0.938. The van der Waals surface area contributed by atoms with Crippen LogP contribution < -0.4 is 0 Å². The van der Waals surface area contributed by atoms with E-state index >= 15 is 0 Å². The summed E-state index contributed by atoms with van der Waals surface area (Å²) >= 11 is 1.44. The van der Waals surface area contributed by atoms with Gasteiger partial charge in [0, 0.05) is 12.6 Å². The minimum atomic E-state index is 0.252. The molecule has 2 fully saturated rings. The number of nitriles is 1. The van der Waals surface area contributed by atoms with E-state index in [-0.39, 0.29) is 5.91 Å². The van der Waals surface area contributed by atoms with Gasteiger partial charge in [0.15, 0.2) is 0 Å². The van der Waals surface area contributed by atoms with Crippen LogP contribution in [0, 0.1) is 17.2 Å². The van der Waals surface area contributed by atoms with Gasteiger partial charge >= 0.3 is 0 Å².